The fourth-order valence-electron chi connectivity index (χ4n) is 5.22. The third-order valence-electron chi connectivity index (χ3n) is 7.35. The Morgan fingerprint density at radius 3 is 2.60 bits per heavy atom. The van der Waals surface area contributed by atoms with Crippen LogP contribution in [0.5, 0.6) is 5.75 Å². The first kappa shape index (κ1) is 26.0. The minimum Gasteiger partial charge on any atom is -0.483 e. The molecule has 1 aromatic heterocycles. The van der Waals surface area contributed by atoms with Crippen LogP contribution in [0, 0.1) is 12.7 Å². The van der Waals surface area contributed by atoms with E-state index in [-0.39, 0.29) is 30.3 Å². The van der Waals surface area contributed by atoms with Crippen LogP contribution in [0.4, 0.5) is 4.39 Å². The van der Waals surface area contributed by atoms with Crippen molar-refractivity contribution in [1.29, 1.82) is 0 Å². The van der Waals surface area contributed by atoms with Crippen molar-refractivity contribution in [2.75, 3.05) is 13.2 Å². The van der Waals surface area contributed by atoms with Gasteiger partial charge in [-0.3, -0.25) is 9.59 Å². The highest BCUT2D eigenvalue weighted by atomic mass is 32.1. The zero-order chi connectivity index (χ0) is 27.6. The SMILES string of the molecule is Cc1ccc(CN2CCc3c(OCC(=O)N4N=C(c5cccs5)CC4c4ccc(F)cc4)cccc3C2=O)cc1. The second kappa shape index (κ2) is 11.1. The monoisotopic (exact) mass is 553 g/mol. The average molecular weight is 554 g/mol. The highest BCUT2D eigenvalue weighted by molar-refractivity contribution is 7.12. The van der Waals surface area contributed by atoms with E-state index in [0.29, 0.717) is 37.2 Å². The van der Waals surface area contributed by atoms with Gasteiger partial charge >= 0.3 is 0 Å². The number of carbonyl (C=O) groups is 2. The van der Waals surface area contributed by atoms with Crippen molar-refractivity contribution in [3.63, 3.8) is 0 Å². The summed E-state index contributed by atoms with van der Waals surface area (Å²) in [7, 11) is 0. The molecule has 3 aromatic carbocycles. The Morgan fingerprint density at radius 1 is 1.05 bits per heavy atom. The Kier molecular flexibility index (Phi) is 7.17. The fourth-order valence-corrected chi connectivity index (χ4v) is 5.95. The van der Waals surface area contributed by atoms with Crippen LogP contribution >= 0.6 is 11.3 Å². The molecule has 0 bridgehead atoms. The number of amides is 2. The molecule has 6 nitrogen and oxygen atoms in total. The molecule has 2 aliphatic rings. The van der Waals surface area contributed by atoms with E-state index in [2.05, 4.69) is 17.2 Å². The van der Waals surface area contributed by atoms with Crippen LogP contribution in [-0.4, -0.2) is 40.6 Å². The second-order valence-corrected chi connectivity index (χ2v) is 11.0. The van der Waals surface area contributed by atoms with E-state index < -0.39 is 0 Å². The summed E-state index contributed by atoms with van der Waals surface area (Å²) in [6, 6.07) is 23.4. The molecule has 4 aromatic rings. The number of nitrogens with zero attached hydrogens (tertiary/aromatic N) is 3. The topological polar surface area (TPSA) is 62.2 Å². The largest absolute Gasteiger partial charge is 0.483 e. The van der Waals surface area contributed by atoms with Gasteiger partial charge < -0.3 is 9.64 Å². The molecule has 0 saturated heterocycles. The van der Waals surface area contributed by atoms with Gasteiger partial charge in [-0.15, -0.1) is 11.3 Å². The van der Waals surface area contributed by atoms with Crippen LogP contribution in [0.1, 0.15) is 50.0 Å². The van der Waals surface area contributed by atoms with Crippen LogP contribution in [0.15, 0.2) is 89.3 Å². The van der Waals surface area contributed by atoms with E-state index in [0.717, 1.165) is 27.3 Å². The first-order valence-corrected chi connectivity index (χ1v) is 14.1. The number of thiophene rings is 1. The van der Waals surface area contributed by atoms with Gasteiger partial charge in [0.1, 0.15) is 11.6 Å². The van der Waals surface area contributed by atoms with E-state index in [1.54, 1.807) is 35.6 Å². The van der Waals surface area contributed by atoms with E-state index in [9.17, 15) is 14.0 Å². The van der Waals surface area contributed by atoms with Crippen molar-refractivity contribution >= 4 is 28.9 Å². The molecule has 2 amide bonds. The van der Waals surface area contributed by atoms with Crippen LogP contribution in [-0.2, 0) is 17.8 Å². The number of aryl methyl sites for hydroxylation is 1. The fraction of sp³-hybridized carbons (Fsp3) is 0.219. The molecule has 0 saturated carbocycles. The summed E-state index contributed by atoms with van der Waals surface area (Å²) in [5.41, 5.74) is 5.31. The molecule has 0 spiro atoms. The Labute approximate surface area is 236 Å². The van der Waals surface area contributed by atoms with Crippen LogP contribution < -0.4 is 4.74 Å². The molecule has 0 radical (unpaired) electrons. The van der Waals surface area contributed by atoms with Gasteiger partial charge in [-0.25, -0.2) is 9.40 Å². The number of fused-ring (bicyclic) bond motifs is 1. The van der Waals surface area contributed by atoms with Crippen LogP contribution in [0.2, 0.25) is 0 Å². The molecular formula is C32H28FN3O3S. The van der Waals surface area contributed by atoms with Gasteiger partial charge in [-0.2, -0.15) is 5.10 Å². The molecule has 1 unspecified atom stereocenters. The maximum atomic E-state index is 13.6. The van der Waals surface area contributed by atoms with E-state index in [4.69, 9.17) is 4.74 Å². The lowest BCUT2D eigenvalue weighted by atomic mass is 9.97. The molecule has 0 aliphatic carbocycles. The molecule has 1 atom stereocenters. The van der Waals surface area contributed by atoms with Crippen molar-refractivity contribution in [1.82, 2.24) is 9.91 Å². The Balaban J connectivity index is 1.18. The summed E-state index contributed by atoms with van der Waals surface area (Å²) >= 11 is 1.56. The summed E-state index contributed by atoms with van der Waals surface area (Å²) < 4.78 is 19.6. The zero-order valence-corrected chi connectivity index (χ0v) is 22.9. The first-order valence-electron chi connectivity index (χ1n) is 13.2. The van der Waals surface area contributed by atoms with E-state index in [1.807, 2.05) is 47.5 Å². The third kappa shape index (κ3) is 5.27. The lowest BCUT2D eigenvalue weighted by Gasteiger charge is -2.30. The molecular weight excluding hydrogens is 525 g/mol. The number of ether oxygens (including phenoxy) is 1. The smallest absolute Gasteiger partial charge is 0.281 e. The van der Waals surface area contributed by atoms with Gasteiger partial charge in [-0.1, -0.05) is 54.1 Å². The van der Waals surface area contributed by atoms with Gasteiger partial charge in [0.05, 0.1) is 16.6 Å². The number of hydrogen-bond donors (Lipinski definition) is 0. The predicted octanol–water partition coefficient (Wildman–Crippen LogP) is 6.15. The average Bonchev–Trinajstić information content (AvgIpc) is 3.66. The van der Waals surface area contributed by atoms with Crippen molar-refractivity contribution in [2.45, 2.75) is 32.4 Å². The van der Waals surface area contributed by atoms with Gasteiger partial charge in [-0.05, 0) is 60.2 Å². The van der Waals surface area contributed by atoms with Crippen molar-refractivity contribution in [3.8, 4) is 5.75 Å². The van der Waals surface area contributed by atoms with Crippen molar-refractivity contribution in [3.05, 3.63) is 123 Å². The molecule has 40 heavy (non-hydrogen) atoms. The summed E-state index contributed by atoms with van der Waals surface area (Å²) in [5.74, 6) is -0.140. The molecule has 2 aliphatic heterocycles. The third-order valence-corrected chi connectivity index (χ3v) is 8.27. The normalized spacial score (nSPS) is 16.6. The predicted molar refractivity (Wildman–Crippen MR) is 153 cm³/mol. The molecule has 8 heteroatoms. The number of benzene rings is 3. The summed E-state index contributed by atoms with van der Waals surface area (Å²) in [6.07, 6.45) is 1.17. The molecule has 0 fully saturated rings. The number of halogens is 1. The highest BCUT2D eigenvalue weighted by Crippen LogP contribution is 2.34. The highest BCUT2D eigenvalue weighted by Gasteiger charge is 2.34. The maximum Gasteiger partial charge on any atom is 0.281 e. The minimum atomic E-state index is -0.351. The Morgan fingerprint density at radius 2 is 1.85 bits per heavy atom. The number of hydrogen-bond acceptors (Lipinski definition) is 5. The van der Waals surface area contributed by atoms with Crippen LogP contribution in [0.25, 0.3) is 0 Å². The molecule has 0 N–H and O–H groups in total. The quantitative estimate of drug-likeness (QED) is 0.276. The number of rotatable bonds is 7. The maximum absolute atomic E-state index is 13.6. The number of hydrazone groups is 1. The zero-order valence-electron chi connectivity index (χ0n) is 22.0. The summed E-state index contributed by atoms with van der Waals surface area (Å²) in [6.45, 7) is 2.93. The number of carbonyl (C=O) groups excluding carboxylic acids is 2. The first-order chi connectivity index (χ1) is 19.5. The van der Waals surface area contributed by atoms with Crippen LogP contribution in [0.3, 0.4) is 0 Å². The van der Waals surface area contributed by atoms with Crippen molar-refractivity contribution in [2.24, 2.45) is 5.10 Å². The lowest BCUT2D eigenvalue weighted by molar-refractivity contribution is -0.135. The summed E-state index contributed by atoms with van der Waals surface area (Å²) in [4.78, 5) is 29.6. The molecule has 6 rings (SSSR count). The summed E-state index contributed by atoms with van der Waals surface area (Å²) in [5, 5.41) is 8.08. The molecule has 202 valence electrons. The van der Waals surface area contributed by atoms with Crippen molar-refractivity contribution < 1.29 is 18.7 Å². The van der Waals surface area contributed by atoms with E-state index in [1.165, 1.54) is 22.7 Å². The van der Waals surface area contributed by atoms with Gasteiger partial charge in [0.2, 0.25) is 0 Å². The Bertz CT molecular complexity index is 1570. The van der Waals surface area contributed by atoms with Gasteiger partial charge in [0.25, 0.3) is 11.8 Å². The standard InChI is InChI=1S/C32H28FN3O3S/c1-21-7-9-22(10-8-21)19-35-16-15-25-26(32(35)38)4-2-5-29(25)39-20-31(37)36-28(23-11-13-24(33)14-12-23)18-27(34-36)30-6-3-17-40-30/h2-14,17,28H,15-16,18-20H2,1H3. The van der Waals surface area contributed by atoms with Gasteiger partial charge in [0, 0.05) is 30.6 Å². The Hall–Kier alpha value is -4.30. The molecule has 3 heterocycles. The van der Waals surface area contributed by atoms with E-state index >= 15 is 0 Å². The second-order valence-electron chi connectivity index (χ2n) is 10.1. The lowest BCUT2D eigenvalue weighted by Crippen LogP contribution is -2.37. The minimum absolute atomic E-state index is 0.0419. The van der Waals surface area contributed by atoms with Gasteiger partial charge in [0.15, 0.2) is 6.61 Å².